The van der Waals surface area contributed by atoms with Crippen molar-refractivity contribution in [1.82, 2.24) is 9.88 Å². The fraction of sp³-hybridized carbons (Fsp3) is 0.700. The molecule has 0 atom stereocenters. The average molecular weight is 323 g/mol. The fourth-order valence-electron chi connectivity index (χ4n) is 1.71. The third-order valence-electron chi connectivity index (χ3n) is 3.11. The Labute approximate surface area is 109 Å². The van der Waals surface area contributed by atoms with Crippen LogP contribution >= 0.6 is 15.9 Å². The van der Waals surface area contributed by atoms with Crippen molar-refractivity contribution in [3.8, 4) is 0 Å². The Bertz CT molecular complexity index is 500. The quantitative estimate of drug-likeness (QED) is 0.838. The first-order valence-electron chi connectivity index (χ1n) is 5.39. The zero-order valence-corrected chi connectivity index (χ0v) is 12.2. The molecular formula is C10H15BrN2O3S. The maximum absolute atomic E-state index is 12.1. The Hall–Kier alpha value is -0.400. The first kappa shape index (κ1) is 13.0. The predicted octanol–water partition coefficient (Wildman–Crippen LogP) is 1.74. The van der Waals surface area contributed by atoms with Crippen LogP contribution < -0.4 is 4.72 Å². The molecule has 1 aliphatic rings. The summed E-state index contributed by atoms with van der Waals surface area (Å²) in [6.07, 6.45) is 2.12. The van der Waals surface area contributed by atoms with E-state index in [-0.39, 0.29) is 10.3 Å². The van der Waals surface area contributed by atoms with E-state index in [4.69, 9.17) is 4.52 Å². The minimum absolute atomic E-state index is 0.103. The van der Waals surface area contributed by atoms with Crippen molar-refractivity contribution in [2.75, 3.05) is 11.9 Å². The zero-order valence-electron chi connectivity index (χ0n) is 9.79. The first-order valence-corrected chi connectivity index (χ1v) is 7.99. The molecule has 1 saturated carbocycles. The summed E-state index contributed by atoms with van der Waals surface area (Å²) in [6.45, 7) is 3.69. The van der Waals surface area contributed by atoms with Crippen molar-refractivity contribution < 1.29 is 12.9 Å². The molecule has 1 aromatic heterocycles. The Morgan fingerprint density at radius 3 is 2.53 bits per heavy atom. The van der Waals surface area contributed by atoms with Gasteiger partial charge in [-0.05, 0) is 32.1 Å². The molecule has 0 aromatic carbocycles. The molecule has 0 radical (unpaired) electrons. The topological polar surface area (TPSA) is 72.2 Å². The van der Waals surface area contributed by atoms with E-state index in [1.165, 1.54) is 0 Å². The lowest BCUT2D eigenvalue weighted by Crippen LogP contribution is -2.31. The average Bonchev–Trinajstić information content (AvgIpc) is 2.97. The lowest BCUT2D eigenvalue weighted by atomic mass is 10.1. The van der Waals surface area contributed by atoms with Gasteiger partial charge in [0.25, 0.3) is 0 Å². The van der Waals surface area contributed by atoms with E-state index < -0.39 is 10.0 Å². The smallest absolute Gasteiger partial charge is 0.245 e. The highest BCUT2D eigenvalue weighted by Crippen LogP contribution is 2.46. The molecule has 5 nitrogen and oxygen atoms in total. The van der Waals surface area contributed by atoms with Crippen molar-refractivity contribution in [1.29, 1.82) is 0 Å². The van der Waals surface area contributed by atoms with Gasteiger partial charge in [-0.2, -0.15) is 0 Å². The van der Waals surface area contributed by atoms with Gasteiger partial charge in [0.15, 0.2) is 5.76 Å². The normalized spacial score (nSPS) is 18.3. The molecule has 1 aliphatic carbocycles. The summed E-state index contributed by atoms with van der Waals surface area (Å²) in [5.74, 6) is 0.332. The SMILES string of the molecule is Cc1noc(C)c1S(=O)(=O)NCC1(CBr)CC1. The number of rotatable bonds is 5. The number of sulfonamides is 1. The Kier molecular flexibility index (Phi) is 3.35. The second-order valence-corrected chi connectivity index (χ2v) is 6.88. The molecule has 17 heavy (non-hydrogen) atoms. The van der Waals surface area contributed by atoms with E-state index in [2.05, 4.69) is 25.8 Å². The van der Waals surface area contributed by atoms with Gasteiger partial charge in [0, 0.05) is 11.9 Å². The van der Waals surface area contributed by atoms with Gasteiger partial charge in [0.1, 0.15) is 10.6 Å². The molecular weight excluding hydrogens is 308 g/mol. The first-order chi connectivity index (χ1) is 7.90. The number of nitrogens with one attached hydrogen (secondary N) is 1. The lowest BCUT2D eigenvalue weighted by molar-refractivity contribution is 0.390. The molecule has 1 N–H and O–H groups in total. The number of nitrogens with zero attached hydrogens (tertiary/aromatic N) is 1. The molecule has 2 rings (SSSR count). The van der Waals surface area contributed by atoms with Crippen molar-refractivity contribution in [2.24, 2.45) is 5.41 Å². The summed E-state index contributed by atoms with van der Waals surface area (Å²) in [7, 11) is -3.51. The van der Waals surface area contributed by atoms with Crippen molar-refractivity contribution in [3.05, 3.63) is 11.5 Å². The molecule has 96 valence electrons. The van der Waals surface area contributed by atoms with E-state index in [1.54, 1.807) is 13.8 Å². The molecule has 1 aromatic rings. The van der Waals surface area contributed by atoms with Gasteiger partial charge < -0.3 is 4.52 Å². The van der Waals surface area contributed by atoms with E-state index in [0.29, 0.717) is 18.0 Å². The van der Waals surface area contributed by atoms with Crippen LogP contribution in [0, 0.1) is 19.3 Å². The maximum Gasteiger partial charge on any atom is 0.245 e. The summed E-state index contributed by atoms with van der Waals surface area (Å²) in [5, 5.41) is 4.48. The van der Waals surface area contributed by atoms with Crippen molar-refractivity contribution in [2.45, 2.75) is 31.6 Å². The number of hydrogen-bond donors (Lipinski definition) is 1. The lowest BCUT2D eigenvalue weighted by Gasteiger charge is -2.12. The second kappa shape index (κ2) is 4.37. The van der Waals surface area contributed by atoms with Gasteiger partial charge in [-0.1, -0.05) is 21.1 Å². The molecule has 0 aliphatic heterocycles. The third-order valence-corrected chi connectivity index (χ3v) is 5.95. The molecule has 7 heteroatoms. The van der Waals surface area contributed by atoms with Crippen LogP contribution in [0.5, 0.6) is 0 Å². The van der Waals surface area contributed by atoms with Gasteiger partial charge in [-0.15, -0.1) is 0 Å². The molecule has 0 amide bonds. The van der Waals surface area contributed by atoms with Crippen LogP contribution in [0.1, 0.15) is 24.3 Å². The van der Waals surface area contributed by atoms with Crippen molar-refractivity contribution in [3.63, 3.8) is 0 Å². The molecule has 0 bridgehead atoms. The molecule has 1 heterocycles. The summed E-state index contributed by atoms with van der Waals surface area (Å²) in [5.41, 5.74) is 0.505. The Balaban J connectivity index is 2.15. The molecule has 0 saturated heterocycles. The fourth-order valence-corrected chi connectivity index (χ4v) is 3.95. The van der Waals surface area contributed by atoms with Crippen LogP contribution in [0.3, 0.4) is 0 Å². The standard InChI is InChI=1S/C10H15BrN2O3S/c1-7-9(8(2)16-13-7)17(14,15)12-6-10(5-11)3-4-10/h12H,3-6H2,1-2H3. The van der Waals surface area contributed by atoms with Crippen LogP contribution in [0.2, 0.25) is 0 Å². The van der Waals surface area contributed by atoms with Gasteiger partial charge in [0.2, 0.25) is 10.0 Å². The van der Waals surface area contributed by atoms with E-state index in [9.17, 15) is 8.42 Å². The summed E-state index contributed by atoms with van der Waals surface area (Å²) in [4.78, 5) is 0.169. The highest BCUT2D eigenvalue weighted by atomic mass is 79.9. The number of halogens is 1. The van der Waals surface area contributed by atoms with Crippen LogP contribution in [-0.4, -0.2) is 25.4 Å². The van der Waals surface area contributed by atoms with Crippen LogP contribution in [0.25, 0.3) is 0 Å². The molecule has 0 spiro atoms. The predicted molar refractivity (Wildman–Crippen MR) is 66.6 cm³/mol. The molecule has 0 unspecified atom stereocenters. The minimum Gasteiger partial charge on any atom is -0.360 e. The largest absolute Gasteiger partial charge is 0.360 e. The maximum atomic E-state index is 12.1. The monoisotopic (exact) mass is 322 g/mol. The van der Waals surface area contributed by atoms with Gasteiger partial charge >= 0.3 is 0 Å². The minimum atomic E-state index is -3.51. The van der Waals surface area contributed by atoms with Gasteiger partial charge in [-0.3, -0.25) is 0 Å². The second-order valence-electron chi connectivity index (χ2n) is 4.61. The number of aryl methyl sites for hydroxylation is 2. The van der Waals surface area contributed by atoms with Crippen molar-refractivity contribution >= 4 is 26.0 Å². The highest BCUT2D eigenvalue weighted by molar-refractivity contribution is 9.09. The highest BCUT2D eigenvalue weighted by Gasteiger charge is 2.42. The summed E-state index contributed by atoms with van der Waals surface area (Å²) in [6, 6.07) is 0. The van der Waals surface area contributed by atoms with Gasteiger partial charge in [-0.25, -0.2) is 13.1 Å². The Morgan fingerprint density at radius 1 is 1.47 bits per heavy atom. The number of hydrogen-bond acceptors (Lipinski definition) is 4. The van der Waals surface area contributed by atoms with Crippen LogP contribution in [-0.2, 0) is 10.0 Å². The summed E-state index contributed by atoms with van der Waals surface area (Å²) >= 11 is 3.41. The van der Waals surface area contributed by atoms with E-state index >= 15 is 0 Å². The summed E-state index contributed by atoms with van der Waals surface area (Å²) < 4.78 is 31.7. The third kappa shape index (κ3) is 2.56. The van der Waals surface area contributed by atoms with Crippen LogP contribution in [0.15, 0.2) is 9.42 Å². The molecule has 1 fully saturated rings. The van der Waals surface area contributed by atoms with E-state index in [0.717, 1.165) is 18.2 Å². The zero-order chi connectivity index (χ0) is 12.7. The number of alkyl halides is 1. The van der Waals surface area contributed by atoms with E-state index in [1.807, 2.05) is 0 Å². The van der Waals surface area contributed by atoms with Crippen LogP contribution in [0.4, 0.5) is 0 Å². The van der Waals surface area contributed by atoms with Gasteiger partial charge in [0.05, 0.1) is 0 Å². The number of aromatic nitrogens is 1. The Morgan fingerprint density at radius 2 is 2.12 bits per heavy atom.